The third-order valence-electron chi connectivity index (χ3n) is 2.94. The van der Waals surface area contributed by atoms with Crippen molar-refractivity contribution in [2.75, 3.05) is 19.7 Å². The zero-order valence-electron chi connectivity index (χ0n) is 9.43. The summed E-state index contributed by atoms with van der Waals surface area (Å²) in [4.78, 5) is 0.345. The molecular formula is C11H14BrNO3S. The lowest BCUT2D eigenvalue weighted by Gasteiger charge is -2.37. The third-order valence-corrected chi connectivity index (χ3v) is 5.42. The average Bonchev–Trinajstić information content (AvgIpc) is 2.14. The van der Waals surface area contributed by atoms with Gasteiger partial charge < -0.3 is 5.11 Å². The van der Waals surface area contributed by atoms with Gasteiger partial charge in [0, 0.05) is 30.1 Å². The van der Waals surface area contributed by atoms with Gasteiger partial charge in [0.05, 0.1) is 4.90 Å². The Morgan fingerprint density at radius 3 is 2.65 bits per heavy atom. The lowest BCUT2D eigenvalue weighted by Crippen LogP contribution is -2.51. The number of aliphatic hydroxyl groups excluding tert-OH is 1. The van der Waals surface area contributed by atoms with Crippen LogP contribution in [-0.4, -0.2) is 37.5 Å². The van der Waals surface area contributed by atoms with Crippen LogP contribution in [-0.2, 0) is 10.0 Å². The zero-order chi connectivity index (χ0) is 12.6. The second-order valence-corrected chi connectivity index (χ2v) is 7.10. The van der Waals surface area contributed by atoms with Crippen molar-refractivity contribution < 1.29 is 13.5 Å². The van der Waals surface area contributed by atoms with E-state index in [4.69, 9.17) is 5.11 Å². The average molecular weight is 320 g/mol. The maximum Gasteiger partial charge on any atom is 0.243 e. The molecule has 0 radical (unpaired) electrons. The highest BCUT2D eigenvalue weighted by molar-refractivity contribution is 9.10. The van der Waals surface area contributed by atoms with E-state index in [-0.39, 0.29) is 12.5 Å². The van der Waals surface area contributed by atoms with Gasteiger partial charge in [0.15, 0.2) is 0 Å². The van der Waals surface area contributed by atoms with Crippen LogP contribution in [0.2, 0.25) is 0 Å². The predicted octanol–water partition coefficient (Wildman–Crippen LogP) is 1.37. The van der Waals surface area contributed by atoms with Gasteiger partial charge in [-0.05, 0) is 30.7 Å². The Balaban J connectivity index is 2.27. The molecule has 0 bridgehead atoms. The first kappa shape index (κ1) is 13.0. The molecule has 1 N–H and O–H groups in total. The van der Waals surface area contributed by atoms with Crippen molar-refractivity contribution in [1.29, 1.82) is 0 Å². The van der Waals surface area contributed by atoms with E-state index in [0.29, 0.717) is 18.0 Å². The molecule has 0 aromatic heterocycles. The Kier molecular flexibility index (Phi) is 3.58. The van der Waals surface area contributed by atoms with Gasteiger partial charge in [-0.2, -0.15) is 4.31 Å². The van der Waals surface area contributed by atoms with E-state index >= 15 is 0 Å². The molecule has 0 aliphatic carbocycles. The highest BCUT2D eigenvalue weighted by atomic mass is 79.9. The highest BCUT2D eigenvalue weighted by Crippen LogP contribution is 2.28. The maximum atomic E-state index is 12.2. The number of hydrogen-bond acceptors (Lipinski definition) is 3. The summed E-state index contributed by atoms with van der Waals surface area (Å²) < 4.78 is 26.7. The molecule has 1 aliphatic heterocycles. The molecule has 0 spiro atoms. The number of aryl methyl sites for hydroxylation is 1. The van der Waals surface area contributed by atoms with E-state index < -0.39 is 10.0 Å². The van der Waals surface area contributed by atoms with Gasteiger partial charge in [-0.15, -0.1) is 0 Å². The molecule has 1 aliphatic rings. The molecule has 1 aromatic carbocycles. The highest BCUT2D eigenvalue weighted by Gasteiger charge is 2.36. The van der Waals surface area contributed by atoms with Gasteiger partial charge in [0.1, 0.15) is 0 Å². The van der Waals surface area contributed by atoms with Gasteiger partial charge in [-0.3, -0.25) is 0 Å². The second kappa shape index (κ2) is 4.68. The summed E-state index contributed by atoms with van der Waals surface area (Å²) in [6.45, 7) is 2.65. The van der Waals surface area contributed by atoms with Crippen molar-refractivity contribution in [3.05, 3.63) is 28.2 Å². The van der Waals surface area contributed by atoms with Gasteiger partial charge in [-0.25, -0.2) is 8.42 Å². The summed E-state index contributed by atoms with van der Waals surface area (Å²) in [5.41, 5.74) is 0.729. The van der Waals surface area contributed by atoms with E-state index in [0.717, 1.165) is 10.0 Å². The number of halogens is 1. The van der Waals surface area contributed by atoms with Crippen LogP contribution in [0.15, 0.2) is 27.6 Å². The van der Waals surface area contributed by atoms with Crippen LogP contribution in [0, 0.1) is 12.8 Å². The van der Waals surface area contributed by atoms with Crippen LogP contribution in [0.25, 0.3) is 0 Å². The Bertz CT molecular complexity index is 524. The van der Waals surface area contributed by atoms with E-state index in [9.17, 15) is 8.42 Å². The normalized spacial score (nSPS) is 18.1. The van der Waals surface area contributed by atoms with Gasteiger partial charge in [0.25, 0.3) is 0 Å². The van der Waals surface area contributed by atoms with Gasteiger partial charge in [-0.1, -0.05) is 15.9 Å². The first-order valence-electron chi connectivity index (χ1n) is 5.32. The molecule has 4 nitrogen and oxygen atoms in total. The fraction of sp³-hybridized carbons (Fsp3) is 0.455. The number of nitrogens with zero attached hydrogens (tertiary/aromatic N) is 1. The molecule has 1 saturated heterocycles. The molecule has 1 fully saturated rings. The Hall–Kier alpha value is -0.430. The number of aliphatic hydroxyl groups is 1. The summed E-state index contributed by atoms with van der Waals surface area (Å²) in [6.07, 6.45) is 0. The van der Waals surface area contributed by atoms with Crippen molar-refractivity contribution in [2.45, 2.75) is 11.8 Å². The summed E-state index contributed by atoms with van der Waals surface area (Å²) in [6, 6.07) is 5.13. The molecule has 17 heavy (non-hydrogen) atoms. The van der Waals surface area contributed by atoms with Crippen LogP contribution in [0.1, 0.15) is 5.56 Å². The zero-order valence-corrected chi connectivity index (χ0v) is 11.8. The summed E-state index contributed by atoms with van der Waals surface area (Å²) in [5, 5.41) is 8.90. The standard InChI is InChI=1S/C11H14BrNO3S/c1-8-4-10(12)2-3-11(8)17(15,16)13-5-9(6-13)7-14/h2-4,9,14H,5-7H2,1H3. The van der Waals surface area contributed by atoms with Crippen molar-refractivity contribution >= 4 is 26.0 Å². The Morgan fingerprint density at radius 1 is 1.47 bits per heavy atom. The number of hydrogen-bond donors (Lipinski definition) is 1. The summed E-state index contributed by atoms with van der Waals surface area (Å²) in [7, 11) is -3.39. The van der Waals surface area contributed by atoms with E-state index in [1.807, 2.05) is 0 Å². The molecule has 0 amide bonds. The first-order valence-corrected chi connectivity index (χ1v) is 7.55. The van der Waals surface area contributed by atoms with Crippen molar-refractivity contribution in [3.8, 4) is 0 Å². The minimum Gasteiger partial charge on any atom is -0.396 e. The molecule has 2 rings (SSSR count). The van der Waals surface area contributed by atoms with E-state index in [1.165, 1.54) is 4.31 Å². The minimum atomic E-state index is -3.39. The van der Waals surface area contributed by atoms with Crippen LogP contribution in [0.4, 0.5) is 0 Å². The number of rotatable bonds is 3. The lowest BCUT2D eigenvalue weighted by molar-refractivity contribution is 0.117. The molecular weight excluding hydrogens is 306 g/mol. The van der Waals surface area contributed by atoms with Crippen LogP contribution >= 0.6 is 15.9 Å². The summed E-state index contributed by atoms with van der Waals surface area (Å²) in [5.74, 6) is 0.0838. The van der Waals surface area contributed by atoms with Crippen molar-refractivity contribution in [3.63, 3.8) is 0 Å². The van der Waals surface area contributed by atoms with Gasteiger partial charge in [0.2, 0.25) is 10.0 Å². The fourth-order valence-electron chi connectivity index (χ4n) is 1.88. The fourth-order valence-corrected chi connectivity index (χ4v) is 4.15. The van der Waals surface area contributed by atoms with E-state index in [2.05, 4.69) is 15.9 Å². The Labute approximate surface area is 109 Å². The van der Waals surface area contributed by atoms with Gasteiger partial charge >= 0.3 is 0 Å². The van der Waals surface area contributed by atoms with E-state index in [1.54, 1.807) is 25.1 Å². The predicted molar refractivity (Wildman–Crippen MR) is 68.2 cm³/mol. The largest absolute Gasteiger partial charge is 0.396 e. The third kappa shape index (κ3) is 2.40. The lowest BCUT2D eigenvalue weighted by atomic mass is 10.1. The molecule has 94 valence electrons. The first-order chi connectivity index (χ1) is 7.95. The minimum absolute atomic E-state index is 0.0470. The molecule has 6 heteroatoms. The van der Waals surface area contributed by atoms with Crippen LogP contribution in [0.5, 0.6) is 0 Å². The smallest absolute Gasteiger partial charge is 0.243 e. The van der Waals surface area contributed by atoms with Crippen LogP contribution < -0.4 is 0 Å². The summed E-state index contributed by atoms with van der Waals surface area (Å²) >= 11 is 3.31. The monoisotopic (exact) mass is 319 g/mol. The molecule has 0 unspecified atom stereocenters. The SMILES string of the molecule is Cc1cc(Br)ccc1S(=O)(=O)N1CC(CO)C1. The molecule has 0 saturated carbocycles. The number of sulfonamides is 1. The second-order valence-electron chi connectivity index (χ2n) is 4.28. The molecule has 1 aromatic rings. The molecule has 0 atom stereocenters. The molecule has 1 heterocycles. The number of benzene rings is 1. The van der Waals surface area contributed by atoms with Crippen molar-refractivity contribution in [1.82, 2.24) is 4.31 Å². The maximum absolute atomic E-state index is 12.2. The van der Waals surface area contributed by atoms with Crippen LogP contribution in [0.3, 0.4) is 0 Å². The quantitative estimate of drug-likeness (QED) is 0.915. The topological polar surface area (TPSA) is 57.6 Å². The Morgan fingerprint density at radius 2 is 2.12 bits per heavy atom. The van der Waals surface area contributed by atoms with Crippen molar-refractivity contribution in [2.24, 2.45) is 5.92 Å².